The summed E-state index contributed by atoms with van der Waals surface area (Å²) in [4.78, 5) is 2.43. The molecule has 0 aromatic heterocycles. The van der Waals surface area contributed by atoms with Crippen molar-refractivity contribution in [3.8, 4) is 0 Å². The molecule has 1 saturated heterocycles. The van der Waals surface area contributed by atoms with Gasteiger partial charge in [0.05, 0.1) is 0 Å². The fraction of sp³-hybridized carbons (Fsp3) is 0.600. The first-order chi connectivity index (χ1) is 8.54. The van der Waals surface area contributed by atoms with Gasteiger partial charge in [-0.05, 0) is 50.3 Å². The monoisotopic (exact) mass is 250 g/mol. The Bertz CT molecular complexity index is 392. The number of likely N-dealkylation sites (tertiary alicyclic amines) is 1. The molecular weight excluding hydrogens is 227 g/mol. The van der Waals surface area contributed by atoms with E-state index in [0.29, 0.717) is 12.0 Å². The highest BCUT2D eigenvalue weighted by Crippen LogP contribution is 2.22. The van der Waals surface area contributed by atoms with E-state index in [4.69, 9.17) is 5.73 Å². The summed E-state index contributed by atoms with van der Waals surface area (Å²) in [5.41, 5.74) is 7.20. The lowest BCUT2D eigenvalue weighted by molar-refractivity contribution is 0.124. The van der Waals surface area contributed by atoms with Crippen molar-refractivity contribution >= 4 is 0 Å². The van der Waals surface area contributed by atoms with E-state index in [1.54, 1.807) is 12.1 Å². The maximum atomic E-state index is 13.2. The molecule has 1 aromatic carbocycles. The van der Waals surface area contributed by atoms with E-state index in [2.05, 4.69) is 18.7 Å². The average molecular weight is 250 g/mol. The number of hydrogen-bond acceptors (Lipinski definition) is 2. The zero-order chi connectivity index (χ0) is 13.1. The summed E-state index contributed by atoms with van der Waals surface area (Å²) in [6.45, 7) is 6.47. The molecule has 2 rings (SSSR count). The van der Waals surface area contributed by atoms with Gasteiger partial charge in [-0.1, -0.05) is 12.1 Å². The lowest BCUT2D eigenvalue weighted by atomic mass is 9.88. The molecule has 2 nitrogen and oxygen atoms in total. The maximum Gasteiger partial charge on any atom is 0.123 e. The molecule has 1 aliphatic heterocycles. The Morgan fingerprint density at radius 3 is 2.83 bits per heavy atom. The fourth-order valence-corrected chi connectivity index (χ4v) is 2.85. The van der Waals surface area contributed by atoms with Gasteiger partial charge in [-0.3, -0.25) is 4.90 Å². The second-order valence-corrected chi connectivity index (χ2v) is 5.74. The molecule has 1 fully saturated rings. The van der Waals surface area contributed by atoms with Crippen LogP contribution in [-0.2, 0) is 6.42 Å². The van der Waals surface area contributed by atoms with Gasteiger partial charge in [-0.15, -0.1) is 0 Å². The number of halogens is 1. The number of benzene rings is 1. The van der Waals surface area contributed by atoms with E-state index < -0.39 is 0 Å². The van der Waals surface area contributed by atoms with Gasteiger partial charge >= 0.3 is 0 Å². The molecule has 0 radical (unpaired) electrons. The van der Waals surface area contributed by atoms with Crippen LogP contribution in [0.25, 0.3) is 0 Å². The van der Waals surface area contributed by atoms with Crippen LogP contribution in [0, 0.1) is 11.7 Å². The van der Waals surface area contributed by atoms with Crippen molar-refractivity contribution in [2.75, 3.05) is 13.1 Å². The Morgan fingerprint density at radius 2 is 2.17 bits per heavy atom. The smallest absolute Gasteiger partial charge is 0.123 e. The van der Waals surface area contributed by atoms with E-state index in [1.165, 1.54) is 6.07 Å². The second kappa shape index (κ2) is 5.81. The van der Waals surface area contributed by atoms with Crippen LogP contribution in [0.2, 0.25) is 0 Å². The Hall–Kier alpha value is -0.930. The van der Waals surface area contributed by atoms with Gasteiger partial charge in [-0.2, -0.15) is 0 Å². The third-order valence-electron chi connectivity index (χ3n) is 3.74. The number of nitrogens with two attached hydrogens (primary N) is 1. The van der Waals surface area contributed by atoms with Crippen molar-refractivity contribution in [2.45, 2.75) is 38.8 Å². The normalized spacial score (nSPS) is 25.6. The summed E-state index contributed by atoms with van der Waals surface area (Å²) >= 11 is 0. The number of hydrogen-bond donors (Lipinski definition) is 1. The summed E-state index contributed by atoms with van der Waals surface area (Å²) < 4.78 is 13.2. The van der Waals surface area contributed by atoms with E-state index in [1.807, 2.05) is 6.07 Å². The third-order valence-corrected chi connectivity index (χ3v) is 3.74. The summed E-state index contributed by atoms with van der Waals surface area (Å²) in [6, 6.07) is 7.71. The zero-order valence-electron chi connectivity index (χ0n) is 11.3. The summed E-state index contributed by atoms with van der Waals surface area (Å²) in [5, 5.41) is 0. The van der Waals surface area contributed by atoms with Crippen LogP contribution in [0.5, 0.6) is 0 Å². The standard InChI is InChI=1S/C15H23FN2/c1-11(2)18-9-13(8-15(17)10-18)6-12-4-3-5-14(16)7-12/h3-5,7,11,13,15H,6,8-10,17H2,1-2H3. The predicted octanol–water partition coefficient (Wildman–Crippen LogP) is 2.43. The largest absolute Gasteiger partial charge is 0.327 e. The van der Waals surface area contributed by atoms with E-state index in [9.17, 15) is 4.39 Å². The molecule has 2 unspecified atom stereocenters. The van der Waals surface area contributed by atoms with Gasteiger partial charge < -0.3 is 5.73 Å². The second-order valence-electron chi connectivity index (χ2n) is 5.74. The van der Waals surface area contributed by atoms with Gasteiger partial charge in [-0.25, -0.2) is 4.39 Å². The van der Waals surface area contributed by atoms with Gasteiger partial charge in [0.15, 0.2) is 0 Å². The Morgan fingerprint density at radius 1 is 1.39 bits per heavy atom. The molecule has 0 saturated carbocycles. The van der Waals surface area contributed by atoms with Gasteiger partial charge in [0.1, 0.15) is 5.82 Å². The van der Waals surface area contributed by atoms with Crippen LogP contribution in [0.3, 0.4) is 0 Å². The molecule has 1 heterocycles. The van der Waals surface area contributed by atoms with Crippen LogP contribution < -0.4 is 5.73 Å². The minimum atomic E-state index is -0.145. The van der Waals surface area contributed by atoms with Gasteiger partial charge in [0, 0.05) is 25.2 Å². The third kappa shape index (κ3) is 3.53. The van der Waals surface area contributed by atoms with Crippen LogP contribution in [0.15, 0.2) is 24.3 Å². The van der Waals surface area contributed by atoms with Crippen LogP contribution in [0.1, 0.15) is 25.8 Å². The molecule has 0 bridgehead atoms. The molecule has 0 aliphatic carbocycles. The van der Waals surface area contributed by atoms with Crippen molar-refractivity contribution in [2.24, 2.45) is 11.7 Å². The topological polar surface area (TPSA) is 29.3 Å². The van der Waals surface area contributed by atoms with Gasteiger partial charge in [0.2, 0.25) is 0 Å². The summed E-state index contributed by atoms with van der Waals surface area (Å²) in [5.74, 6) is 0.395. The van der Waals surface area contributed by atoms with E-state index >= 15 is 0 Å². The molecule has 1 aromatic rings. The van der Waals surface area contributed by atoms with Crippen LogP contribution in [0.4, 0.5) is 4.39 Å². The van der Waals surface area contributed by atoms with Crippen molar-refractivity contribution in [3.05, 3.63) is 35.6 Å². The lowest BCUT2D eigenvalue weighted by Gasteiger charge is -2.38. The highest BCUT2D eigenvalue weighted by molar-refractivity contribution is 5.17. The maximum absolute atomic E-state index is 13.2. The molecule has 100 valence electrons. The SMILES string of the molecule is CC(C)N1CC(N)CC(Cc2cccc(F)c2)C1. The van der Waals surface area contributed by atoms with Crippen LogP contribution in [-0.4, -0.2) is 30.1 Å². The summed E-state index contributed by atoms with van der Waals surface area (Å²) in [6.07, 6.45) is 1.97. The Kier molecular flexibility index (Phi) is 4.36. The number of piperidine rings is 1. The molecule has 2 atom stereocenters. The zero-order valence-corrected chi connectivity index (χ0v) is 11.3. The summed E-state index contributed by atoms with van der Waals surface area (Å²) in [7, 11) is 0. The number of rotatable bonds is 3. The average Bonchev–Trinajstić information content (AvgIpc) is 2.28. The Labute approximate surface area is 109 Å². The lowest BCUT2D eigenvalue weighted by Crippen LogP contribution is -2.50. The van der Waals surface area contributed by atoms with Crippen molar-refractivity contribution in [1.82, 2.24) is 4.90 Å². The first-order valence-electron chi connectivity index (χ1n) is 6.78. The first-order valence-corrected chi connectivity index (χ1v) is 6.78. The molecule has 0 spiro atoms. The predicted molar refractivity (Wildman–Crippen MR) is 72.9 cm³/mol. The molecule has 2 N–H and O–H groups in total. The quantitative estimate of drug-likeness (QED) is 0.892. The molecule has 18 heavy (non-hydrogen) atoms. The first kappa shape index (κ1) is 13.5. The van der Waals surface area contributed by atoms with E-state index in [0.717, 1.165) is 31.5 Å². The van der Waals surface area contributed by atoms with E-state index in [-0.39, 0.29) is 11.9 Å². The van der Waals surface area contributed by atoms with Crippen LogP contribution >= 0.6 is 0 Å². The molecule has 1 aliphatic rings. The highest BCUT2D eigenvalue weighted by Gasteiger charge is 2.26. The fourth-order valence-electron chi connectivity index (χ4n) is 2.85. The van der Waals surface area contributed by atoms with Crippen molar-refractivity contribution in [1.29, 1.82) is 0 Å². The number of nitrogens with zero attached hydrogens (tertiary/aromatic N) is 1. The van der Waals surface area contributed by atoms with Gasteiger partial charge in [0.25, 0.3) is 0 Å². The molecule has 0 amide bonds. The minimum Gasteiger partial charge on any atom is -0.327 e. The molecular formula is C15H23FN2. The Balaban J connectivity index is 2.00. The minimum absolute atomic E-state index is 0.145. The van der Waals surface area contributed by atoms with Crippen molar-refractivity contribution in [3.63, 3.8) is 0 Å². The highest BCUT2D eigenvalue weighted by atomic mass is 19.1. The molecule has 3 heteroatoms. The van der Waals surface area contributed by atoms with Crippen molar-refractivity contribution < 1.29 is 4.39 Å².